The van der Waals surface area contributed by atoms with E-state index in [2.05, 4.69) is 16.0 Å². The molecule has 0 bridgehead atoms. The molecule has 1 heterocycles. The summed E-state index contributed by atoms with van der Waals surface area (Å²) >= 11 is 0. The van der Waals surface area contributed by atoms with Gasteiger partial charge in [-0.15, -0.1) is 0 Å². The van der Waals surface area contributed by atoms with Crippen molar-refractivity contribution < 1.29 is 37.1 Å². The maximum Gasteiger partial charge on any atom is 0.332 e. The highest BCUT2D eigenvalue weighted by Gasteiger charge is 2.49. The molecular weight excluding hydrogens is 618 g/mol. The van der Waals surface area contributed by atoms with E-state index in [-0.39, 0.29) is 12.4 Å². The van der Waals surface area contributed by atoms with E-state index in [1.807, 2.05) is 0 Å². The van der Waals surface area contributed by atoms with E-state index < -0.39 is 63.7 Å². The number of nitrogens with one attached hydrogen (secondary N) is 5. The molecule has 0 aliphatic carbocycles. The standard InChI is InChI=1S/C30H31N7O8S/c1-30(21-14-12-20(13-15-21)25(31)32)27(40)37(29(42)35-30)16-24(38)34-23(26(39)45-17-19-8-4-2-5-9-19)18-46(43,44)36-28(41)33-22-10-6-3-7-11-22/h2-15,23H,16-18H2,1H3,(H3,31,32)(H,34,38)(H,35,42)(H2,33,36,41). The first-order valence-electron chi connectivity index (χ1n) is 13.7. The van der Waals surface area contributed by atoms with Gasteiger partial charge >= 0.3 is 18.0 Å². The van der Waals surface area contributed by atoms with E-state index in [1.165, 1.54) is 43.3 Å². The molecule has 1 fully saturated rings. The smallest absolute Gasteiger partial charge is 0.332 e. The minimum atomic E-state index is -4.55. The summed E-state index contributed by atoms with van der Waals surface area (Å²) < 4.78 is 32.8. The lowest BCUT2D eigenvalue weighted by molar-refractivity contribution is -0.148. The van der Waals surface area contributed by atoms with Crippen LogP contribution in [0.4, 0.5) is 15.3 Å². The first-order valence-corrected chi connectivity index (χ1v) is 15.4. The monoisotopic (exact) mass is 649 g/mol. The van der Waals surface area contributed by atoms with Crippen LogP contribution in [0.5, 0.6) is 0 Å². The molecule has 240 valence electrons. The number of nitrogen functional groups attached to an aromatic ring is 1. The number of hydrogen-bond donors (Lipinski definition) is 6. The Balaban J connectivity index is 1.46. The number of amidine groups is 1. The zero-order valence-electron chi connectivity index (χ0n) is 24.5. The number of carbonyl (C=O) groups excluding carboxylic acids is 5. The van der Waals surface area contributed by atoms with Gasteiger partial charge in [0.25, 0.3) is 5.91 Å². The van der Waals surface area contributed by atoms with Gasteiger partial charge in [0.2, 0.25) is 15.9 Å². The molecule has 3 aromatic carbocycles. The van der Waals surface area contributed by atoms with Crippen LogP contribution in [0.1, 0.15) is 23.6 Å². The Morgan fingerprint density at radius 2 is 1.59 bits per heavy atom. The second-order valence-electron chi connectivity index (χ2n) is 10.4. The van der Waals surface area contributed by atoms with E-state index >= 15 is 0 Å². The van der Waals surface area contributed by atoms with E-state index in [4.69, 9.17) is 15.9 Å². The Kier molecular flexibility index (Phi) is 10.0. The number of ether oxygens (including phenoxy) is 1. The summed E-state index contributed by atoms with van der Waals surface area (Å²) in [5, 5.41) is 14.6. The second-order valence-corrected chi connectivity index (χ2v) is 12.1. The molecule has 2 unspecified atom stereocenters. The van der Waals surface area contributed by atoms with Gasteiger partial charge in [-0.25, -0.2) is 27.5 Å². The summed E-state index contributed by atoms with van der Waals surface area (Å²) in [5.74, 6) is -4.28. The van der Waals surface area contributed by atoms with E-state index in [0.29, 0.717) is 27.3 Å². The topological polar surface area (TPSA) is 230 Å². The molecule has 16 heteroatoms. The number of nitrogens with two attached hydrogens (primary N) is 1. The molecular formula is C30H31N7O8S. The lowest BCUT2D eigenvalue weighted by Gasteiger charge is -2.23. The van der Waals surface area contributed by atoms with Crippen LogP contribution in [0.2, 0.25) is 0 Å². The summed E-state index contributed by atoms with van der Waals surface area (Å²) in [4.78, 5) is 65.1. The van der Waals surface area contributed by atoms with Crippen molar-refractivity contribution in [2.24, 2.45) is 5.73 Å². The maximum absolute atomic E-state index is 13.3. The van der Waals surface area contributed by atoms with Gasteiger partial charge in [0, 0.05) is 11.3 Å². The number of nitrogens with zero attached hydrogens (tertiary/aromatic N) is 1. The van der Waals surface area contributed by atoms with Crippen LogP contribution >= 0.6 is 0 Å². The lowest BCUT2D eigenvalue weighted by atomic mass is 9.91. The van der Waals surface area contributed by atoms with Crippen molar-refractivity contribution >= 4 is 51.4 Å². The highest BCUT2D eigenvalue weighted by atomic mass is 32.2. The second kappa shape index (κ2) is 13.9. The molecule has 0 spiro atoms. The Morgan fingerprint density at radius 3 is 2.20 bits per heavy atom. The molecule has 1 aliphatic rings. The molecule has 2 atom stereocenters. The first kappa shape index (κ1) is 33.1. The minimum Gasteiger partial charge on any atom is -0.459 e. The molecule has 1 aliphatic heterocycles. The third kappa shape index (κ3) is 8.23. The maximum atomic E-state index is 13.3. The Morgan fingerprint density at radius 1 is 0.978 bits per heavy atom. The normalized spacial score (nSPS) is 16.6. The van der Waals surface area contributed by atoms with Gasteiger partial charge in [-0.05, 0) is 30.2 Å². The molecule has 0 radical (unpaired) electrons. The summed E-state index contributed by atoms with van der Waals surface area (Å²) in [7, 11) is -4.55. The average Bonchev–Trinajstić information content (AvgIpc) is 3.23. The first-order chi connectivity index (χ1) is 21.8. The molecule has 1 saturated heterocycles. The van der Waals surface area contributed by atoms with Gasteiger partial charge in [0.05, 0.1) is 0 Å². The molecule has 6 amide bonds. The quantitative estimate of drug-likeness (QED) is 0.0713. The number of urea groups is 2. The number of esters is 1. The molecule has 46 heavy (non-hydrogen) atoms. The Bertz CT molecular complexity index is 1750. The van der Waals surface area contributed by atoms with Crippen molar-refractivity contribution in [1.29, 1.82) is 5.41 Å². The number of amides is 6. The van der Waals surface area contributed by atoms with E-state index in [1.54, 1.807) is 53.3 Å². The molecule has 15 nitrogen and oxygen atoms in total. The van der Waals surface area contributed by atoms with Gasteiger partial charge in [-0.3, -0.25) is 19.9 Å². The van der Waals surface area contributed by atoms with Crippen LogP contribution in [0.15, 0.2) is 84.9 Å². The molecule has 3 aromatic rings. The lowest BCUT2D eigenvalue weighted by Crippen LogP contribution is -2.52. The van der Waals surface area contributed by atoms with Crippen molar-refractivity contribution in [3.05, 3.63) is 102 Å². The highest BCUT2D eigenvalue weighted by molar-refractivity contribution is 7.90. The van der Waals surface area contributed by atoms with Crippen LogP contribution in [0.25, 0.3) is 0 Å². The number of anilines is 1. The predicted octanol–water partition coefficient (Wildman–Crippen LogP) is 1.12. The molecule has 0 aromatic heterocycles. The fourth-order valence-electron chi connectivity index (χ4n) is 4.48. The largest absolute Gasteiger partial charge is 0.459 e. The summed E-state index contributed by atoms with van der Waals surface area (Å²) in [5.41, 5.74) is 5.54. The van der Waals surface area contributed by atoms with Crippen molar-refractivity contribution in [1.82, 2.24) is 20.3 Å². The Labute approximate surface area is 264 Å². The number of sulfonamides is 1. The van der Waals surface area contributed by atoms with Crippen LogP contribution < -0.4 is 26.4 Å². The van der Waals surface area contributed by atoms with Crippen molar-refractivity contribution in [2.75, 3.05) is 17.6 Å². The number of para-hydroxylation sites is 1. The fraction of sp³-hybridized carbons (Fsp3) is 0.200. The van der Waals surface area contributed by atoms with Crippen LogP contribution in [0.3, 0.4) is 0 Å². The van der Waals surface area contributed by atoms with E-state index in [0.717, 1.165) is 0 Å². The van der Waals surface area contributed by atoms with Crippen molar-refractivity contribution in [3.63, 3.8) is 0 Å². The SMILES string of the molecule is CC1(c2ccc(C(=N)N)cc2)NC(=O)N(CC(=O)NC(CS(=O)(=O)NC(=O)Nc2ccccc2)C(=O)OCc2ccccc2)C1=O. The summed E-state index contributed by atoms with van der Waals surface area (Å²) in [6, 6.07) is 18.6. The minimum absolute atomic E-state index is 0.192. The predicted molar refractivity (Wildman–Crippen MR) is 166 cm³/mol. The Hall–Kier alpha value is -5.77. The third-order valence-corrected chi connectivity index (χ3v) is 8.13. The van der Waals surface area contributed by atoms with E-state index in [9.17, 15) is 32.4 Å². The third-order valence-electron chi connectivity index (χ3n) is 6.86. The van der Waals surface area contributed by atoms with Crippen LogP contribution in [-0.4, -0.2) is 67.3 Å². The zero-order valence-corrected chi connectivity index (χ0v) is 25.3. The number of hydrogen-bond acceptors (Lipinski definition) is 9. The van der Waals surface area contributed by atoms with Crippen molar-refractivity contribution in [3.8, 4) is 0 Å². The highest BCUT2D eigenvalue weighted by Crippen LogP contribution is 2.29. The number of carbonyl (C=O) groups is 5. The molecule has 7 N–H and O–H groups in total. The average molecular weight is 650 g/mol. The summed E-state index contributed by atoms with van der Waals surface area (Å²) in [6.45, 7) is 0.314. The summed E-state index contributed by atoms with van der Waals surface area (Å²) in [6.07, 6.45) is 0. The zero-order chi connectivity index (χ0) is 33.5. The van der Waals surface area contributed by atoms with Crippen LogP contribution in [-0.2, 0) is 41.3 Å². The number of rotatable bonds is 12. The number of imide groups is 1. The molecule has 0 saturated carbocycles. The fourth-order valence-corrected chi connectivity index (χ4v) is 5.56. The molecule has 4 rings (SSSR count). The van der Waals surface area contributed by atoms with Gasteiger partial charge in [0.15, 0.2) is 0 Å². The number of benzene rings is 3. The van der Waals surface area contributed by atoms with Crippen molar-refractivity contribution in [2.45, 2.75) is 25.1 Å². The van der Waals surface area contributed by atoms with Gasteiger partial charge in [-0.1, -0.05) is 72.8 Å². The van der Waals surface area contributed by atoms with Crippen LogP contribution in [0, 0.1) is 5.41 Å². The van der Waals surface area contributed by atoms with Gasteiger partial charge < -0.3 is 26.4 Å². The van der Waals surface area contributed by atoms with Gasteiger partial charge in [-0.2, -0.15) is 0 Å². The van der Waals surface area contributed by atoms with Gasteiger partial charge in [0.1, 0.15) is 36.3 Å².